The number of nitrogens with two attached hydrogens (primary N) is 1. The van der Waals surface area contributed by atoms with E-state index in [4.69, 9.17) is 10.5 Å². The second-order valence-electron chi connectivity index (χ2n) is 4.74. The number of carbonyl (C=O) groups excluding carboxylic acids is 1. The lowest BCUT2D eigenvalue weighted by molar-refractivity contribution is -0.145. The van der Waals surface area contributed by atoms with Crippen LogP contribution < -0.4 is 5.73 Å². The molecule has 3 unspecified atom stereocenters. The Bertz CT molecular complexity index is 243. The summed E-state index contributed by atoms with van der Waals surface area (Å²) >= 11 is 0. The van der Waals surface area contributed by atoms with Crippen molar-refractivity contribution in [2.75, 3.05) is 7.11 Å². The first kappa shape index (κ1) is 10.9. The molecule has 0 aromatic carbocycles. The summed E-state index contributed by atoms with van der Waals surface area (Å²) < 4.78 is 5.09. The van der Waals surface area contributed by atoms with Crippen LogP contribution in [0.25, 0.3) is 0 Å². The Balaban J connectivity index is 2.08. The van der Waals surface area contributed by atoms with Gasteiger partial charge in [0.25, 0.3) is 5.91 Å². The number of carbonyl (C=O) groups is 1. The monoisotopic (exact) mass is 212 g/mol. The Hall–Kier alpha value is -0.610. The molecule has 4 heteroatoms. The average Bonchev–Trinajstić information content (AvgIpc) is 2.49. The molecular weight excluding hydrogens is 192 g/mol. The van der Waals surface area contributed by atoms with E-state index in [1.54, 1.807) is 7.11 Å². The maximum Gasteiger partial charge on any atom is 0.251 e. The second-order valence-corrected chi connectivity index (χ2v) is 4.74. The van der Waals surface area contributed by atoms with E-state index in [1.165, 1.54) is 0 Å². The first-order valence-electron chi connectivity index (χ1n) is 5.74. The molecule has 86 valence electrons. The van der Waals surface area contributed by atoms with Gasteiger partial charge in [0.1, 0.15) is 6.10 Å². The zero-order valence-electron chi connectivity index (χ0n) is 9.48. The fourth-order valence-electron chi connectivity index (χ4n) is 2.89. The van der Waals surface area contributed by atoms with E-state index in [9.17, 15) is 4.79 Å². The van der Waals surface area contributed by atoms with Crippen molar-refractivity contribution < 1.29 is 9.53 Å². The number of methoxy groups -OCH3 is 1. The predicted octanol–water partition coefficient (Wildman–Crippen LogP) is 0.502. The molecule has 2 saturated heterocycles. The van der Waals surface area contributed by atoms with E-state index in [-0.39, 0.29) is 18.1 Å². The van der Waals surface area contributed by atoms with Crippen LogP contribution in [0.15, 0.2) is 0 Å². The standard InChI is InChI=1S/C11H20N2O2/c1-7(15-2)11(14)13-9-3-4-10(13)6-8(12)5-9/h7-10H,3-6,12H2,1-2H3. The molecule has 0 aromatic heterocycles. The summed E-state index contributed by atoms with van der Waals surface area (Å²) in [5, 5.41) is 0. The SMILES string of the molecule is COC(C)C(=O)N1C2CCC1CC(N)C2. The van der Waals surface area contributed by atoms with Gasteiger partial charge in [-0.2, -0.15) is 0 Å². The Morgan fingerprint density at radius 3 is 2.40 bits per heavy atom. The van der Waals surface area contributed by atoms with Crippen molar-refractivity contribution in [1.82, 2.24) is 4.90 Å². The fraction of sp³-hybridized carbons (Fsp3) is 0.909. The number of hydrogen-bond acceptors (Lipinski definition) is 3. The molecule has 2 bridgehead atoms. The van der Waals surface area contributed by atoms with Gasteiger partial charge < -0.3 is 15.4 Å². The van der Waals surface area contributed by atoms with Gasteiger partial charge in [0.15, 0.2) is 0 Å². The molecule has 0 aromatic rings. The molecule has 0 saturated carbocycles. The fourth-order valence-corrected chi connectivity index (χ4v) is 2.89. The number of piperidine rings is 1. The van der Waals surface area contributed by atoms with Crippen LogP contribution in [-0.4, -0.2) is 42.1 Å². The molecule has 2 N–H and O–H groups in total. The first-order valence-corrected chi connectivity index (χ1v) is 5.74. The van der Waals surface area contributed by atoms with Crippen LogP contribution in [0.3, 0.4) is 0 Å². The zero-order valence-corrected chi connectivity index (χ0v) is 9.48. The van der Waals surface area contributed by atoms with Crippen molar-refractivity contribution in [1.29, 1.82) is 0 Å². The largest absolute Gasteiger partial charge is 0.372 e. The van der Waals surface area contributed by atoms with Gasteiger partial charge in [0.2, 0.25) is 0 Å². The molecule has 2 heterocycles. The molecule has 2 rings (SSSR count). The molecule has 1 amide bonds. The van der Waals surface area contributed by atoms with Crippen LogP contribution in [0.2, 0.25) is 0 Å². The van der Waals surface area contributed by atoms with Gasteiger partial charge in [-0.1, -0.05) is 0 Å². The Morgan fingerprint density at radius 1 is 1.40 bits per heavy atom. The minimum atomic E-state index is -0.317. The maximum atomic E-state index is 12.1. The van der Waals surface area contributed by atoms with E-state index < -0.39 is 0 Å². The number of amides is 1. The van der Waals surface area contributed by atoms with Crippen LogP contribution in [0.5, 0.6) is 0 Å². The molecule has 3 atom stereocenters. The highest BCUT2D eigenvalue weighted by atomic mass is 16.5. The van der Waals surface area contributed by atoms with Gasteiger partial charge >= 0.3 is 0 Å². The average molecular weight is 212 g/mol. The highest BCUT2D eigenvalue weighted by Gasteiger charge is 2.43. The molecule has 2 aliphatic rings. The number of ether oxygens (including phenoxy) is 1. The van der Waals surface area contributed by atoms with Crippen LogP contribution in [0, 0.1) is 0 Å². The third-order valence-corrected chi connectivity index (χ3v) is 3.73. The summed E-state index contributed by atoms with van der Waals surface area (Å²) in [7, 11) is 1.58. The van der Waals surface area contributed by atoms with Gasteiger partial charge in [0.05, 0.1) is 0 Å². The molecule has 4 nitrogen and oxygen atoms in total. The lowest BCUT2D eigenvalue weighted by Gasteiger charge is -2.38. The highest BCUT2D eigenvalue weighted by molar-refractivity contribution is 5.81. The first-order chi connectivity index (χ1) is 7.13. The molecule has 0 radical (unpaired) electrons. The van der Waals surface area contributed by atoms with E-state index in [1.807, 2.05) is 11.8 Å². The summed E-state index contributed by atoms with van der Waals surface area (Å²) in [4.78, 5) is 14.1. The second kappa shape index (κ2) is 4.10. The molecule has 2 aliphatic heterocycles. The van der Waals surface area contributed by atoms with Gasteiger partial charge in [0, 0.05) is 25.2 Å². The van der Waals surface area contributed by atoms with Crippen molar-refractivity contribution in [3.05, 3.63) is 0 Å². The minimum absolute atomic E-state index is 0.136. The third-order valence-electron chi connectivity index (χ3n) is 3.73. The molecule has 0 aliphatic carbocycles. The summed E-state index contributed by atoms with van der Waals surface area (Å²) in [6.45, 7) is 1.82. The maximum absolute atomic E-state index is 12.1. The third kappa shape index (κ3) is 1.88. The lowest BCUT2D eigenvalue weighted by Crippen LogP contribution is -2.52. The van der Waals surface area contributed by atoms with Crippen LogP contribution in [0.1, 0.15) is 32.6 Å². The summed E-state index contributed by atoms with van der Waals surface area (Å²) in [5.74, 6) is 0.136. The summed E-state index contributed by atoms with van der Waals surface area (Å²) in [6, 6.07) is 1.01. The molecule has 0 spiro atoms. The topological polar surface area (TPSA) is 55.6 Å². The Labute approximate surface area is 90.8 Å². The smallest absolute Gasteiger partial charge is 0.251 e. The van der Waals surface area contributed by atoms with Crippen molar-refractivity contribution in [2.45, 2.75) is 56.8 Å². The van der Waals surface area contributed by atoms with Crippen molar-refractivity contribution >= 4 is 5.91 Å². The minimum Gasteiger partial charge on any atom is -0.372 e. The van der Waals surface area contributed by atoms with Gasteiger partial charge in [-0.15, -0.1) is 0 Å². The quantitative estimate of drug-likeness (QED) is 0.725. The zero-order chi connectivity index (χ0) is 11.0. The van der Waals surface area contributed by atoms with Crippen molar-refractivity contribution in [2.24, 2.45) is 5.73 Å². The van der Waals surface area contributed by atoms with E-state index in [0.29, 0.717) is 12.1 Å². The number of hydrogen-bond donors (Lipinski definition) is 1. The number of fused-ring (bicyclic) bond motifs is 2. The predicted molar refractivity (Wildman–Crippen MR) is 57.3 cm³/mol. The lowest BCUT2D eigenvalue weighted by atomic mass is 9.97. The van der Waals surface area contributed by atoms with Crippen LogP contribution in [0.4, 0.5) is 0 Å². The van der Waals surface area contributed by atoms with E-state index in [2.05, 4.69) is 0 Å². The van der Waals surface area contributed by atoms with Crippen molar-refractivity contribution in [3.8, 4) is 0 Å². The molecule has 2 fully saturated rings. The summed E-state index contributed by atoms with van der Waals surface area (Å²) in [5.41, 5.74) is 5.96. The van der Waals surface area contributed by atoms with Gasteiger partial charge in [-0.3, -0.25) is 4.79 Å². The molecular formula is C11H20N2O2. The number of rotatable bonds is 2. The molecule has 15 heavy (non-hydrogen) atoms. The number of nitrogens with zero attached hydrogens (tertiary/aromatic N) is 1. The highest BCUT2D eigenvalue weighted by Crippen LogP contribution is 2.35. The van der Waals surface area contributed by atoms with Gasteiger partial charge in [-0.05, 0) is 32.6 Å². The van der Waals surface area contributed by atoms with Crippen LogP contribution >= 0.6 is 0 Å². The normalized spacial score (nSPS) is 36.7. The Kier molecular flexibility index (Phi) is 2.98. The summed E-state index contributed by atoms with van der Waals surface area (Å²) in [6.07, 6.45) is 3.82. The Morgan fingerprint density at radius 2 is 1.93 bits per heavy atom. The van der Waals surface area contributed by atoms with Gasteiger partial charge in [-0.25, -0.2) is 0 Å². The van der Waals surface area contributed by atoms with Crippen LogP contribution in [-0.2, 0) is 9.53 Å². The van der Waals surface area contributed by atoms with E-state index in [0.717, 1.165) is 25.7 Å². The van der Waals surface area contributed by atoms with E-state index >= 15 is 0 Å². The van der Waals surface area contributed by atoms with Crippen molar-refractivity contribution in [3.63, 3.8) is 0 Å².